The summed E-state index contributed by atoms with van der Waals surface area (Å²) in [6, 6.07) is 12.0. The van der Waals surface area contributed by atoms with Gasteiger partial charge in [-0.05, 0) is 48.8 Å². The molecular weight excluding hydrogens is 374 g/mol. The molecule has 0 aromatic heterocycles. The fourth-order valence-corrected chi connectivity index (χ4v) is 3.43. The number of carbonyl (C=O) groups is 3. The summed E-state index contributed by atoms with van der Waals surface area (Å²) in [6.45, 7) is 0. The van der Waals surface area contributed by atoms with E-state index in [1.54, 1.807) is 42.5 Å². The molecule has 0 spiro atoms. The molecule has 0 saturated carbocycles. The Kier molecular flexibility index (Phi) is 5.64. The largest absolute Gasteiger partial charge is 0.425 e. The smallest absolute Gasteiger partial charge is 0.334 e. The van der Waals surface area contributed by atoms with Crippen LogP contribution in [0.15, 0.2) is 48.5 Å². The van der Waals surface area contributed by atoms with E-state index in [2.05, 4.69) is 0 Å². The van der Waals surface area contributed by atoms with Crippen molar-refractivity contribution in [3.63, 3.8) is 0 Å². The van der Waals surface area contributed by atoms with Gasteiger partial charge >= 0.3 is 5.97 Å². The number of amides is 2. The lowest BCUT2D eigenvalue weighted by molar-refractivity contribution is -0.138. The van der Waals surface area contributed by atoms with Crippen LogP contribution in [0, 0.1) is 0 Å². The van der Waals surface area contributed by atoms with E-state index in [-0.39, 0.29) is 5.75 Å². The van der Waals surface area contributed by atoms with Crippen molar-refractivity contribution in [1.82, 2.24) is 4.90 Å². The highest BCUT2D eigenvalue weighted by molar-refractivity contribution is 7.98. The van der Waals surface area contributed by atoms with Crippen LogP contribution in [0.25, 0.3) is 0 Å². The zero-order valence-electron chi connectivity index (χ0n) is 14.0. The van der Waals surface area contributed by atoms with E-state index in [0.717, 1.165) is 4.90 Å². The van der Waals surface area contributed by atoms with Gasteiger partial charge in [-0.2, -0.15) is 11.8 Å². The second-order valence-corrected chi connectivity index (χ2v) is 7.12. The topological polar surface area (TPSA) is 63.7 Å². The molecule has 3 rings (SSSR count). The number of benzene rings is 2. The van der Waals surface area contributed by atoms with Gasteiger partial charge in [0.2, 0.25) is 0 Å². The van der Waals surface area contributed by atoms with E-state index in [4.69, 9.17) is 16.3 Å². The maximum Gasteiger partial charge on any atom is 0.334 e. The zero-order chi connectivity index (χ0) is 18.7. The quantitative estimate of drug-likeness (QED) is 0.428. The van der Waals surface area contributed by atoms with E-state index in [9.17, 15) is 14.4 Å². The van der Waals surface area contributed by atoms with Crippen LogP contribution in [0.4, 0.5) is 0 Å². The first-order chi connectivity index (χ1) is 12.5. The van der Waals surface area contributed by atoms with Crippen LogP contribution < -0.4 is 4.74 Å². The molecule has 0 N–H and O–H groups in total. The molecule has 0 saturated heterocycles. The summed E-state index contributed by atoms with van der Waals surface area (Å²) in [7, 11) is 0. The van der Waals surface area contributed by atoms with Crippen LogP contribution in [0.1, 0.15) is 27.1 Å². The van der Waals surface area contributed by atoms with Gasteiger partial charge in [0.25, 0.3) is 11.8 Å². The first-order valence-corrected chi connectivity index (χ1v) is 9.73. The van der Waals surface area contributed by atoms with E-state index in [1.807, 2.05) is 6.26 Å². The summed E-state index contributed by atoms with van der Waals surface area (Å²) in [5.74, 6) is -0.730. The maximum absolute atomic E-state index is 12.7. The number of carbonyl (C=O) groups excluding carboxylic acids is 3. The van der Waals surface area contributed by atoms with Crippen molar-refractivity contribution >= 4 is 41.1 Å². The molecule has 0 aliphatic carbocycles. The van der Waals surface area contributed by atoms with Crippen molar-refractivity contribution in [3.8, 4) is 5.75 Å². The summed E-state index contributed by atoms with van der Waals surface area (Å²) in [5, 5.41) is 0.427. The lowest BCUT2D eigenvalue weighted by Gasteiger charge is -2.24. The Balaban J connectivity index is 1.88. The minimum atomic E-state index is -0.992. The number of hydrogen-bond acceptors (Lipinski definition) is 5. The Hall–Kier alpha value is -2.31. The van der Waals surface area contributed by atoms with Crippen LogP contribution in [0.5, 0.6) is 5.75 Å². The predicted molar refractivity (Wildman–Crippen MR) is 101 cm³/mol. The fraction of sp³-hybridized carbons (Fsp3) is 0.211. The van der Waals surface area contributed by atoms with E-state index in [0.29, 0.717) is 28.3 Å². The molecule has 0 radical (unpaired) electrons. The lowest BCUT2D eigenvalue weighted by Crippen LogP contribution is -2.47. The van der Waals surface area contributed by atoms with Crippen LogP contribution in [-0.2, 0) is 4.79 Å². The summed E-state index contributed by atoms with van der Waals surface area (Å²) in [5.41, 5.74) is 0.615. The summed E-state index contributed by atoms with van der Waals surface area (Å²) in [4.78, 5) is 39.1. The van der Waals surface area contributed by atoms with Crippen LogP contribution >= 0.6 is 23.4 Å². The van der Waals surface area contributed by atoms with E-state index in [1.165, 1.54) is 17.8 Å². The monoisotopic (exact) mass is 389 g/mol. The van der Waals surface area contributed by atoms with Gasteiger partial charge < -0.3 is 4.74 Å². The molecule has 134 valence electrons. The highest BCUT2D eigenvalue weighted by atomic mass is 35.5. The third-order valence-electron chi connectivity index (χ3n) is 4.02. The number of nitrogens with zero attached hydrogens (tertiary/aromatic N) is 1. The number of hydrogen-bond donors (Lipinski definition) is 0. The van der Waals surface area contributed by atoms with E-state index >= 15 is 0 Å². The number of esters is 1. The van der Waals surface area contributed by atoms with Crippen LogP contribution in [0.2, 0.25) is 5.02 Å². The Labute approximate surface area is 160 Å². The van der Waals surface area contributed by atoms with E-state index < -0.39 is 23.8 Å². The van der Waals surface area contributed by atoms with Gasteiger partial charge in [0.15, 0.2) is 0 Å². The molecule has 2 aromatic carbocycles. The second kappa shape index (κ2) is 7.93. The van der Waals surface area contributed by atoms with Gasteiger partial charge in [-0.1, -0.05) is 29.8 Å². The molecule has 2 amide bonds. The van der Waals surface area contributed by atoms with Gasteiger partial charge in [0, 0.05) is 5.02 Å². The fourth-order valence-electron chi connectivity index (χ4n) is 2.79. The number of fused-ring (bicyclic) bond motifs is 1. The molecule has 5 nitrogen and oxygen atoms in total. The average Bonchev–Trinajstić information content (AvgIpc) is 2.87. The number of ether oxygens (including phenoxy) is 1. The first-order valence-electron chi connectivity index (χ1n) is 7.96. The van der Waals surface area contributed by atoms with Crippen LogP contribution in [0.3, 0.4) is 0 Å². The summed E-state index contributed by atoms with van der Waals surface area (Å²) in [6.07, 6.45) is 2.20. The summed E-state index contributed by atoms with van der Waals surface area (Å²) < 4.78 is 5.38. The lowest BCUT2D eigenvalue weighted by atomic mass is 10.1. The number of thioether (sulfide) groups is 1. The summed E-state index contributed by atoms with van der Waals surface area (Å²) >= 11 is 7.44. The Morgan fingerprint density at radius 2 is 1.77 bits per heavy atom. The highest BCUT2D eigenvalue weighted by Gasteiger charge is 2.43. The third kappa shape index (κ3) is 3.61. The average molecular weight is 390 g/mol. The first kappa shape index (κ1) is 18.5. The molecule has 0 fully saturated rings. The highest BCUT2D eigenvalue weighted by Crippen LogP contribution is 2.27. The van der Waals surface area contributed by atoms with Gasteiger partial charge in [-0.25, -0.2) is 4.79 Å². The Bertz CT molecular complexity index is 835. The van der Waals surface area contributed by atoms with Gasteiger partial charge in [0.05, 0.1) is 11.1 Å². The molecule has 0 bridgehead atoms. The molecule has 2 aromatic rings. The maximum atomic E-state index is 12.7. The molecule has 26 heavy (non-hydrogen) atoms. The molecular formula is C19H16ClNO4S. The van der Waals surface area contributed by atoms with Crippen molar-refractivity contribution < 1.29 is 19.1 Å². The van der Waals surface area contributed by atoms with Crippen molar-refractivity contribution in [1.29, 1.82) is 0 Å². The van der Waals surface area contributed by atoms with Crippen molar-refractivity contribution in [2.24, 2.45) is 0 Å². The molecule has 1 heterocycles. The predicted octanol–water partition coefficient (Wildman–Crippen LogP) is 3.66. The molecule has 0 unspecified atom stereocenters. The minimum absolute atomic E-state index is 0.272. The van der Waals surface area contributed by atoms with Gasteiger partial charge in [-0.15, -0.1) is 0 Å². The minimum Gasteiger partial charge on any atom is -0.425 e. The molecule has 1 aliphatic rings. The van der Waals surface area contributed by atoms with Gasteiger partial charge in [0.1, 0.15) is 11.8 Å². The Morgan fingerprint density at radius 1 is 1.12 bits per heavy atom. The standard InChI is InChI=1S/C19H16ClNO4S/c1-26-10-9-16(19(24)25-13-6-4-5-12(20)11-13)21-17(22)14-7-2-3-8-15(14)18(21)23/h2-8,11,16H,9-10H2,1H3/t16-/m1/s1. The van der Waals surface area contributed by atoms with Crippen LogP contribution in [-0.4, -0.2) is 40.7 Å². The normalized spacial score (nSPS) is 14.3. The molecule has 1 aliphatic heterocycles. The SMILES string of the molecule is CSCC[C@H](C(=O)Oc1cccc(Cl)c1)N1C(=O)c2ccccc2C1=O. The van der Waals surface area contributed by atoms with Crippen molar-refractivity contribution in [3.05, 3.63) is 64.7 Å². The van der Waals surface area contributed by atoms with Gasteiger partial charge in [-0.3, -0.25) is 14.5 Å². The number of imide groups is 1. The van der Waals surface area contributed by atoms with Crippen molar-refractivity contribution in [2.75, 3.05) is 12.0 Å². The Morgan fingerprint density at radius 3 is 2.35 bits per heavy atom. The van der Waals surface area contributed by atoms with Crippen molar-refractivity contribution in [2.45, 2.75) is 12.5 Å². The molecule has 1 atom stereocenters. The third-order valence-corrected chi connectivity index (χ3v) is 4.90. The number of halogens is 1. The number of rotatable bonds is 6. The zero-order valence-corrected chi connectivity index (χ0v) is 15.5. The molecule has 7 heteroatoms. The second-order valence-electron chi connectivity index (χ2n) is 5.70.